The van der Waals surface area contributed by atoms with Gasteiger partial charge in [-0.3, -0.25) is 4.79 Å². The number of carbonyl (C=O) groups is 1. The molecule has 11 heavy (non-hydrogen) atoms. The van der Waals surface area contributed by atoms with Crippen LogP contribution < -0.4 is 0 Å². The summed E-state index contributed by atoms with van der Waals surface area (Å²) in [6, 6.07) is 0. The van der Waals surface area contributed by atoms with E-state index in [2.05, 4.69) is 4.74 Å². The minimum absolute atomic E-state index is 0.125. The van der Waals surface area contributed by atoms with Gasteiger partial charge in [-0.25, -0.2) is 0 Å². The largest absolute Gasteiger partial charge is 0.469 e. The zero-order chi connectivity index (χ0) is 9.28. The third-order valence-electron chi connectivity index (χ3n) is 0.803. The fourth-order valence-corrected chi connectivity index (χ4v) is 0.417. The quantitative estimate of drug-likeness (QED) is 0.555. The van der Waals surface area contributed by atoms with E-state index in [1.54, 1.807) is 0 Å². The number of hydrogen-bond donors (Lipinski definition) is 0. The molecule has 0 aliphatic carbocycles. The van der Waals surface area contributed by atoms with Gasteiger partial charge in [0.15, 0.2) is 0 Å². The van der Waals surface area contributed by atoms with E-state index in [4.69, 9.17) is 9.59 Å². The molecule has 0 unspecified atom stereocenters. The van der Waals surface area contributed by atoms with Gasteiger partial charge in [0.1, 0.15) is 0 Å². The lowest BCUT2D eigenvalue weighted by Crippen LogP contribution is -2.03. The number of hydrogen-bond acceptors (Lipinski definition) is 4. The van der Waals surface area contributed by atoms with Crippen LogP contribution in [0.25, 0.3) is 0 Å². The van der Waals surface area contributed by atoms with Gasteiger partial charge in [0.25, 0.3) is 0 Å². The fraction of sp³-hybridized carbons (Fsp3) is 0.714. The molecule has 0 aromatic heterocycles. The fourth-order valence-electron chi connectivity index (χ4n) is 0.417. The van der Waals surface area contributed by atoms with E-state index in [0.29, 0.717) is 12.3 Å². The van der Waals surface area contributed by atoms with Crippen molar-refractivity contribution >= 4 is 12.1 Å². The van der Waals surface area contributed by atoms with E-state index in [1.165, 1.54) is 7.11 Å². The molecule has 0 aliphatic heterocycles. The Hall–Kier alpha value is -1.15. The van der Waals surface area contributed by atoms with E-state index in [0.717, 1.165) is 0 Å². The van der Waals surface area contributed by atoms with E-state index in [-0.39, 0.29) is 12.1 Å². The molecule has 0 saturated heterocycles. The lowest BCUT2D eigenvalue weighted by Gasteiger charge is -1.99. The summed E-state index contributed by atoms with van der Waals surface area (Å²) in [5.41, 5.74) is 0. The van der Waals surface area contributed by atoms with Crippen molar-refractivity contribution in [3.63, 3.8) is 0 Å². The molecular weight excluding hydrogens is 148 g/mol. The number of rotatable bonds is 2. The third kappa shape index (κ3) is 17.7. The molecule has 0 atom stereocenters. The van der Waals surface area contributed by atoms with Crippen LogP contribution in [0.15, 0.2) is 0 Å². The second kappa shape index (κ2) is 8.85. The van der Waals surface area contributed by atoms with Gasteiger partial charge in [-0.2, -0.15) is 9.59 Å². The first-order chi connectivity index (χ1) is 5.08. The van der Waals surface area contributed by atoms with Crippen LogP contribution in [0, 0.1) is 5.92 Å². The SMILES string of the molecule is COC(=O)CC(C)C.O=C=O. The smallest absolute Gasteiger partial charge is 0.373 e. The normalized spacial score (nSPS) is 7.64. The maximum atomic E-state index is 10.4. The molecule has 0 N–H and O–H groups in total. The summed E-state index contributed by atoms with van der Waals surface area (Å²) in [5, 5.41) is 0. The molecule has 0 bridgehead atoms. The van der Waals surface area contributed by atoms with Crippen molar-refractivity contribution < 1.29 is 19.1 Å². The molecule has 4 nitrogen and oxygen atoms in total. The Morgan fingerprint density at radius 3 is 1.91 bits per heavy atom. The predicted molar refractivity (Wildman–Crippen MR) is 36.5 cm³/mol. The Balaban J connectivity index is 0. The maximum absolute atomic E-state index is 10.4. The Labute approximate surface area is 65.5 Å². The highest BCUT2D eigenvalue weighted by Gasteiger charge is 2.01. The molecular formula is C7H12O4. The third-order valence-corrected chi connectivity index (χ3v) is 0.803. The summed E-state index contributed by atoms with van der Waals surface area (Å²) in [6.45, 7) is 3.97. The van der Waals surface area contributed by atoms with Gasteiger partial charge in [0.05, 0.1) is 7.11 Å². The average Bonchev–Trinajstić information content (AvgIpc) is 1.88. The van der Waals surface area contributed by atoms with Gasteiger partial charge in [0.2, 0.25) is 0 Å². The molecule has 0 aliphatic rings. The van der Waals surface area contributed by atoms with Gasteiger partial charge in [-0.05, 0) is 5.92 Å². The Kier molecular flexibility index (Phi) is 10.1. The monoisotopic (exact) mass is 160 g/mol. The first kappa shape index (κ1) is 12.5. The molecule has 0 heterocycles. The molecule has 0 saturated carbocycles. The number of ether oxygens (including phenoxy) is 1. The Morgan fingerprint density at radius 1 is 1.45 bits per heavy atom. The highest BCUT2D eigenvalue weighted by atomic mass is 16.5. The van der Waals surface area contributed by atoms with Gasteiger partial charge in [-0.15, -0.1) is 0 Å². The van der Waals surface area contributed by atoms with Crippen molar-refractivity contribution in [2.75, 3.05) is 7.11 Å². The van der Waals surface area contributed by atoms with E-state index in [9.17, 15) is 4.79 Å². The van der Waals surface area contributed by atoms with Crippen LogP contribution in [-0.4, -0.2) is 19.2 Å². The summed E-state index contributed by atoms with van der Waals surface area (Å²) in [4.78, 5) is 26.6. The summed E-state index contributed by atoms with van der Waals surface area (Å²) in [6.07, 6.45) is 0.774. The van der Waals surface area contributed by atoms with Crippen molar-refractivity contribution in [3.05, 3.63) is 0 Å². The van der Waals surface area contributed by atoms with Crippen molar-refractivity contribution in [3.8, 4) is 0 Å². The summed E-state index contributed by atoms with van der Waals surface area (Å²) < 4.78 is 4.42. The van der Waals surface area contributed by atoms with Crippen molar-refractivity contribution in [2.45, 2.75) is 20.3 Å². The zero-order valence-corrected chi connectivity index (χ0v) is 6.92. The van der Waals surface area contributed by atoms with Crippen molar-refractivity contribution in [1.29, 1.82) is 0 Å². The molecule has 0 spiro atoms. The first-order valence-corrected chi connectivity index (χ1v) is 3.14. The minimum Gasteiger partial charge on any atom is -0.469 e. The number of esters is 1. The molecule has 0 fully saturated rings. The zero-order valence-electron chi connectivity index (χ0n) is 6.92. The van der Waals surface area contributed by atoms with Gasteiger partial charge >= 0.3 is 12.1 Å². The summed E-state index contributed by atoms with van der Waals surface area (Å²) in [7, 11) is 1.41. The molecule has 0 rings (SSSR count). The van der Waals surface area contributed by atoms with Crippen molar-refractivity contribution in [1.82, 2.24) is 0 Å². The van der Waals surface area contributed by atoms with Gasteiger partial charge < -0.3 is 4.74 Å². The van der Waals surface area contributed by atoms with Crippen LogP contribution in [0.5, 0.6) is 0 Å². The molecule has 0 amide bonds. The molecule has 0 radical (unpaired) electrons. The maximum Gasteiger partial charge on any atom is 0.373 e. The summed E-state index contributed by atoms with van der Waals surface area (Å²) in [5.74, 6) is 0.280. The lowest BCUT2D eigenvalue weighted by molar-refractivity contribution is -0.191. The summed E-state index contributed by atoms with van der Waals surface area (Å²) >= 11 is 0. The van der Waals surface area contributed by atoms with Crippen LogP contribution in [-0.2, 0) is 19.1 Å². The van der Waals surface area contributed by atoms with Crippen LogP contribution in [0.2, 0.25) is 0 Å². The van der Waals surface area contributed by atoms with E-state index >= 15 is 0 Å². The lowest BCUT2D eigenvalue weighted by atomic mass is 10.1. The molecule has 0 aromatic carbocycles. The predicted octanol–water partition coefficient (Wildman–Crippen LogP) is 0.622. The average molecular weight is 160 g/mol. The Morgan fingerprint density at radius 2 is 1.82 bits per heavy atom. The van der Waals surface area contributed by atoms with Crippen molar-refractivity contribution in [2.24, 2.45) is 5.92 Å². The van der Waals surface area contributed by atoms with Gasteiger partial charge in [0, 0.05) is 6.42 Å². The number of methoxy groups -OCH3 is 1. The minimum atomic E-state index is -0.125. The van der Waals surface area contributed by atoms with Crippen LogP contribution >= 0.6 is 0 Å². The van der Waals surface area contributed by atoms with Crippen LogP contribution in [0.4, 0.5) is 0 Å². The van der Waals surface area contributed by atoms with Crippen LogP contribution in [0.1, 0.15) is 20.3 Å². The van der Waals surface area contributed by atoms with E-state index < -0.39 is 0 Å². The first-order valence-electron chi connectivity index (χ1n) is 3.14. The molecule has 4 heteroatoms. The number of carbonyl (C=O) groups excluding carboxylic acids is 3. The standard InChI is InChI=1S/C6H12O2.CO2/c1-5(2)4-6(7)8-3;2-1-3/h5H,4H2,1-3H3;. The highest BCUT2D eigenvalue weighted by molar-refractivity contribution is 5.69. The highest BCUT2D eigenvalue weighted by Crippen LogP contribution is 1.98. The van der Waals surface area contributed by atoms with Crippen LogP contribution in [0.3, 0.4) is 0 Å². The van der Waals surface area contributed by atoms with Gasteiger partial charge in [-0.1, -0.05) is 13.8 Å². The second-order valence-corrected chi connectivity index (χ2v) is 2.26. The Bertz CT molecular complexity index is 133. The van der Waals surface area contributed by atoms with E-state index in [1.807, 2.05) is 13.8 Å². The molecule has 64 valence electrons. The topological polar surface area (TPSA) is 60.4 Å². The second-order valence-electron chi connectivity index (χ2n) is 2.26. The molecule has 0 aromatic rings.